The van der Waals surface area contributed by atoms with Crippen LogP contribution in [0.5, 0.6) is 0 Å². The molecule has 64 valence electrons. The molecule has 1 fully saturated rings. The number of fused-ring (bicyclic) bond motifs is 3. The Morgan fingerprint density at radius 1 is 1.33 bits per heavy atom. The van der Waals surface area contributed by atoms with Gasteiger partial charge in [-0.25, -0.2) is 0 Å². The van der Waals surface area contributed by atoms with Crippen molar-refractivity contribution in [2.75, 3.05) is 0 Å². The van der Waals surface area contributed by atoms with Crippen LogP contribution in [0.3, 0.4) is 0 Å². The third-order valence-corrected chi connectivity index (χ3v) is 3.46. The molecule has 12 heavy (non-hydrogen) atoms. The molecule has 3 unspecified atom stereocenters. The van der Waals surface area contributed by atoms with Gasteiger partial charge in [-0.3, -0.25) is 9.98 Å². The maximum atomic E-state index is 4.69. The molecular formula is C10H14N2. The van der Waals surface area contributed by atoms with E-state index in [1.54, 1.807) is 0 Å². The van der Waals surface area contributed by atoms with Gasteiger partial charge in [-0.1, -0.05) is 6.42 Å². The summed E-state index contributed by atoms with van der Waals surface area (Å²) in [6, 6.07) is 0. The molecule has 1 saturated carbocycles. The number of hydrogen-bond donors (Lipinski definition) is 0. The molecule has 2 nitrogen and oxygen atoms in total. The Hall–Kier alpha value is -0.660. The average Bonchev–Trinajstić information content (AvgIpc) is 2.62. The van der Waals surface area contributed by atoms with Gasteiger partial charge in [0.15, 0.2) is 0 Å². The first-order chi connectivity index (χ1) is 5.95. The Bertz CT molecular complexity index is 255. The molecule has 3 rings (SSSR count). The fourth-order valence-corrected chi connectivity index (χ4v) is 2.84. The van der Waals surface area contributed by atoms with E-state index in [1.165, 1.54) is 37.8 Å². The fraction of sp³-hybridized carbons (Fsp3) is 0.800. The van der Waals surface area contributed by atoms with E-state index < -0.39 is 0 Å². The summed E-state index contributed by atoms with van der Waals surface area (Å²) in [6.07, 6.45) is 9.00. The maximum Gasteiger partial charge on any atom is 0.142 e. The lowest BCUT2D eigenvalue weighted by molar-refractivity contribution is 0.378. The van der Waals surface area contributed by atoms with Crippen LogP contribution in [0, 0.1) is 11.8 Å². The molecule has 0 saturated heterocycles. The van der Waals surface area contributed by atoms with Gasteiger partial charge in [0.25, 0.3) is 0 Å². The third-order valence-electron chi connectivity index (χ3n) is 3.46. The van der Waals surface area contributed by atoms with Crippen LogP contribution in [0.2, 0.25) is 0 Å². The van der Waals surface area contributed by atoms with Gasteiger partial charge < -0.3 is 0 Å². The quantitative estimate of drug-likeness (QED) is 0.521. The Morgan fingerprint density at radius 2 is 2.33 bits per heavy atom. The highest BCUT2D eigenvalue weighted by molar-refractivity contribution is 5.90. The zero-order chi connectivity index (χ0) is 7.97. The minimum absolute atomic E-state index is 0.336. The van der Waals surface area contributed by atoms with Crippen LogP contribution in [0.15, 0.2) is 9.98 Å². The van der Waals surface area contributed by atoms with Gasteiger partial charge in [0, 0.05) is 23.8 Å². The highest BCUT2D eigenvalue weighted by atomic mass is 15.1. The molecule has 0 aromatic heterocycles. The van der Waals surface area contributed by atoms with E-state index in [0.29, 0.717) is 6.17 Å². The molecule has 0 radical (unpaired) electrons. The van der Waals surface area contributed by atoms with Crippen molar-refractivity contribution in [3.8, 4) is 0 Å². The molecule has 0 spiro atoms. The second-order valence-electron chi connectivity index (χ2n) is 4.12. The highest BCUT2D eigenvalue weighted by Crippen LogP contribution is 2.40. The first-order valence-electron chi connectivity index (χ1n) is 5.03. The number of rotatable bonds is 0. The van der Waals surface area contributed by atoms with Crippen molar-refractivity contribution in [2.45, 2.75) is 38.3 Å². The molecule has 3 aliphatic rings. The minimum Gasteiger partial charge on any atom is -0.270 e. The molecule has 0 bridgehead atoms. The Balaban J connectivity index is 1.91. The first-order valence-corrected chi connectivity index (χ1v) is 5.03. The summed E-state index contributed by atoms with van der Waals surface area (Å²) in [6.45, 7) is 0. The molecule has 2 heteroatoms. The predicted octanol–water partition coefficient (Wildman–Crippen LogP) is 2.05. The SMILES string of the molecule is C1=NC2N=C3CCCCC3C2C1. The van der Waals surface area contributed by atoms with E-state index in [2.05, 4.69) is 11.2 Å². The topological polar surface area (TPSA) is 24.7 Å². The van der Waals surface area contributed by atoms with E-state index >= 15 is 0 Å². The van der Waals surface area contributed by atoms with Crippen molar-refractivity contribution in [3.63, 3.8) is 0 Å². The van der Waals surface area contributed by atoms with Crippen molar-refractivity contribution in [1.29, 1.82) is 0 Å². The van der Waals surface area contributed by atoms with E-state index in [-0.39, 0.29) is 0 Å². The second-order valence-corrected chi connectivity index (χ2v) is 4.12. The van der Waals surface area contributed by atoms with Crippen LogP contribution in [-0.4, -0.2) is 18.1 Å². The Labute approximate surface area is 72.8 Å². The number of aliphatic imine (C=N–C) groups is 2. The Kier molecular flexibility index (Phi) is 1.37. The van der Waals surface area contributed by atoms with Crippen molar-refractivity contribution in [3.05, 3.63) is 0 Å². The zero-order valence-electron chi connectivity index (χ0n) is 7.24. The van der Waals surface area contributed by atoms with E-state index in [0.717, 1.165) is 11.8 Å². The smallest absolute Gasteiger partial charge is 0.142 e. The van der Waals surface area contributed by atoms with Crippen LogP contribution < -0.4 is 0 Å². The molecule has 0 aromatic carbocycles. The van der Waals surface area contributed by atoms with Gasteiger partial charge in [-0.2, -0.15) is 0 Å². The van der Waals surface area contributed by atoms with Crippen LogP contribution in [0.25, 0.3) is 0 Å². The molecule has 3 atom stereocenters. The summed E-state index contributed by atoms with van der Waals surface area (Å²) in [5.74, 6) is 1.58. The maximum absolute atomic E-state index is 4.69. The fourth-order valence-electron chi connectivity index (χ4n) is 2.84. The van der Waals surface area contributed by atoms with E-state index in [4.69, 9.17) is 4.99 Å². The van der Waals surface area contributed by atoms with Gasteiger partial charge in [0.05, 0.1) is 0 Å². The average molecular weight is 162 g/mol. The van der Waals surface area contributed by atoms with Gasteiger partial charge >= 0.3 is 0 Å². The largest absolute Gasteiger partial charge is 0.270 e. The van der Waals surface area contributed by atoms with Gasteiger partial charge in [0.2, 0.25) is 0 Å². The molecule has 1 aliphatic carbocycles. The highest BCUT2D eigenvalue weighted by Gasteiger charge is 2.40. The molecule has 2 heterocycles. The predicted molar refractivity (Wildman–Crippen MR) is 49.8 cm³/mol. The zero-order valence-corrected chi connectivity index (χ0v) is 7.24. The van der Waals surface area contributed by atoms with Crippen molar-refractivity contribution < 1.29 is 0 Å². The minimum atomic E-state index is 0.336. The number of hydrogen-bond acceptors (Lipinski definition) is 2. The van der Waals surface area contributed by atoms with E-state index in [1.807, 2.05) is 0 Å². The van der Waals surface area contributed by atoms with Gasteiger partial charge in [-0.05, 0) is 25.7 Å². The number of nitrogens with zero attached hydrogens (tertiary/aromatic N) is 2. The summed E-state index contributed by atoms with van der Waals surface area (Å²) in [5, 5.41) is 0. The molecule has 0 N–H and O–H groups in total. The first kappa shape index (κ1) is 6.81. The standard InChI is InChI=1S/C10H14N2/c1-2-4-9-7(3-1)8-5-6-11-10(8)12-9/h6-8,10H,1-5H2. The molecule has 0 amide bonds. The van der Waals surface area contributed by atoms with Crippen LogP contribution in [0.4, 0.5) is 0 Å². The summed E-state index contributed by atoms with van der Waals surface area (Å²) in [5.41, 5.74) is 1.49. The van der Waals surface area contributed by atoms with Crippen molar-refractivity contribution in [1.82, 2.24) is 0 Å². The van der Waals surface area contributed by atoms with E-state index in [9.17, 15) is 0 Å². The van der Waals surface area contributed by atoms with Crippen LogP contribution in [-0.2, 0) is 0 Å². The van der Waals surface area contributed by atoms with Crippen molar-refractivity contribution in [2.24, 2.45) is 21.8 Å². The summed E-state index contributed by atoms with van der Waals surface area (Å²) in [7, 11) is 0. The molecule has 2 aliphatic heterocycles. The molecule has 0 aromatic rings. The third kappa shape index (κ3) is 0.809. The summed E-state index contributed by atoms with van der Waals surface area (Å²) >= 11 is 0. The van der Waals surface area contributed by atoms with Crippen molar-refractivity contribution >= 4 is 11.9 Å². The summed E-state index contributed by atoms with van der Waals surface area (Å²) < 4.78 is 0. The second kappa shape index (κ2) is 2.41. The van der Waals surface area contributed by atoms with Crippen LogP contribution in [0.1, 0.15) is 32.1 Å². The molecular weight excluding hydrogens is 148 g/mol. The van der Waals surface area contributed by atoms with Crippen LogP contribution >= 0.6 is 0 Å². The Morgan fingerprint density at radius 3 is 3.33 bits per heavy atom. The normalized spacial score (nSPS) is 44.0. The summed E-state index contributed by atoms with van der Waals surface area (Å²) in [4.78, 5) is 9.10. The lowest BCUT2D eigenvalue weighted by Gasteiger charge is -2.23. The van der Waals surface area contributed by atoms with Gasteiger partial charge in [-0.15, -0.1) is 0 Å². The lowest BCUT2D eigenvalue weighted by Crippen LogP contribution is -2.23. The van der Waals surface area contributed by atoms with Gasteiger partial charge in [0.1, 0.15) is 6.17 Å². The monoisotopic (exact) mass is 162 g/mol. The lowest BCUT2D eigenvalue weighted by atomic mass is 9.79.